The minimum atomic E-state index is 0.0133. The second-order valence-corrected chi connectivity index (χ2v) is 5.18. The third kappa shape index (κ3) is 2.58. The van der Waals surface area contributed by atoms with Gasteiger partial charge in [-0.25, -0.2) is 4.98 Å². The van der Waals surface area contributed by atoms with Crippen molar-refractivity contribution in [1.82, 2.24) is 14.9 Å². The van der Waals surface area contributed by atoms with Gasteiger partial charge in [0.15, 0.2) is 5.13 Å². The maximum absolute atomic E-state index is 12.2. The molecule has 0 aromatic carbocycles. The number of hydrogen-bond donors (Lipinski definition) is 0. The van der Waals surface area contributed by atoms with E-state index >= 15 is 0 Å². The minimum absolute atomic E-state index is 0.0133. The number of nitrogens with zero attached hydrogens (tertiary/aromatic N) is 4. The minimum Gasteiger partial charge on any atom is -0.345 e. The second kappa shape index (κ2) is 5.36. The molecule has 19 heavy (non-hydrogen) atoms. The van der Waals surface area contributed by atoms with Gasteiger partial charge in [0.2, 0.25) is 0 Å². The predicted octanol–water partition coefficient (Wildman–Crippen LogP) is 1.50. The summed E-state index contributed by atoms with van der Waals surface area (Å²) in [7, 11) is 0. The summed E-state index contributed by atoms with van der Waals surface area (Å²) in [5.74, 6) is 0.0133. The molecule has 0 spiro atoms. The van der Waals surface area contributed by atoms with Gasteiger partial charge in [0.1, 0.15) is 5.69 Å². The van der Waals surface area contributed by atoms with E-state index in [4.69, 9.17) is 0 Å². The number of rotatable bonds is 2. The fourth-order valence-corrected chi connectivity index (χ4v) is 2.82. The van der Waals surface area contributed by atoms with Gasteiger partial charge in [-0.3, -0.25) is 9.78 Å². The molecule has 0 aliphatic carbocycles. The summed E-state index contributed by atoms with van der Waals surface area (Å²) in [5.41, 5.74) is 0.519. The monoisotopic (exact) mass is 274 g/mol. The molecule has 1 aliphatic heterocycles. The van der Waals surface area contributed by atoms with Crippen molar-refractivity contribution < 1.29 is 4.79 Å². The Hall–Kier alpha value is -1.95. The van der Waals surface area contributed by atoms with Crippen LogP contribution in [0.15, 0.2) is 36.0 Å². The number of pyridine rings is 1. The van der Waals surface area contributed by atoms with Crippen LogP contribution in [0, 0.1) is 0 Å². The lowest BCUT2D eigenvalue weighted by Gasteiger charge is -2.34. The summed E-state index contributed by atoms with van der Waals surface area (Å²) < 4.78 is 0. The summed E-state index contributed by atoms with van der Waals surface area (Å²) in [6, 6.07) is 5.42. The van der Waals surface area contributed by atoms with Gasteiger partial charge in [-0.2, -0.15) is 0 Å². The van der Waals surface area contributed by atoms with Crippen molar-refractivity contribution in [3.05, 3.63) is 41.7 Å². The summed E-state index contributed by atoms with van der Waals surface area (Å²) in [6.07, 6.45) is 3.46. The lowest BCUT2D eigenvalue weighted by Crippen LogP contribution is -2.48. The molecule has 1 amide bonds. The zero-order valence-corrected chi connectivity index (χ0v) is 11.2. The van der Waals surface area contributed by atoms with Gasteiger partial charge in [-0.05, 0) is 12.1 Å². The number of hydrogen-bond acceptors (Lipinski definition) is 5. The van der Waals surface area contributed by atoms with Crippen LogP contribution in [0.25, 0.3) is 0 Å². The Bertz CT molecular complexity index is 535. The molecule has 3 rings (SSSR count). The highest BCUT2D eigenvalue weighted by atomic mass is 32.1. The van der Waals surface area contributed by atoms with Gasteiger partial charge >= 0.3 is 0 Å². The lowest BCUT2D eigenvalue weighted by molar-refractivity contribution is 0.0741. The SMILES string of the molecule is O=C(c1ccccn1)N1CCN(c2nccs2)CC1. The number of piperazine rings is 1. The van der Waals surface area contributed by atoms with Gasteiger partial charge < -0.3 is 9.80 Å². The van der Waals surface area contributed by atoms with E-state index in [1.807, 2.05) is 28.6 Å². The van der Waals surface area contributed by atoms with Crippen LogP contribution >= 0.6 is 11.3 Å². The molecule has 1 aliphatic rings. The Morgan fingerprint density at radius 1 is 1.11 bits per heavy atom. The molecule has 0 unspecified atom stereocenters. The van der Waals surface area contributed by atoms with Gasteiger partial charge in [0.05, 0.1) is 0 Å². The predicted molar refractivity (Wildman–Crippen MR) is 74.5 cm³/mol. The molecule has 0 saturated carbocycles. The zero-order chi connectivity index (χ0) is 13.1. The van der Waals surface area contributed by atoms with Crippen LogP contribution < -0.4 is 4.90 Å². The number of amides is 1. The molecule has 2 aromatic rings. The third-order valence-electron chi connectivity index (χ3n) is 3.14. The maximum Gasteiger partial charge on any atom is 0.272 e. The Balaban J connectivity index is 1.63. The fraction of sp³-hybridized carbons (Fsp3) is 0.308. The Morgan fingerprint density at radius 2 is 1.95 bits per heavy atom. The van der Waals surface area contributed by atoms with E-state index in [2.05, 4.69) is 14.9 Å². The average molecular weight is 274 g/mol. The first kappa shape index (κ1) is 12.1. The van der Waals surface area contributed by atoms with Gasteiger partial charge in [0, 0.05) is 44.0 Å². The summed E-state index contributed by atoms with van der Waals surface area (Å²) in [6.45, 7) is 3.09. The zero-order valence-electron chi connectivity index (χ0n) is 10.4. The Morgan fingerprint density at radius 3 is 2.58 bits per heavy atom. The van der Waals surface area contributed by atoms with Crippen LogP contribution in [0.4, 0.5) is 5.13 Å². The molecule has 3 heterocycles. The molecule has 0 N–H and O–H groups in total. The van der Waals surface area contributed by atoms with E-state index in [0.29, 0.717) is 5.69 Å². The molecule has 5 nitrogen and oxygen atoms in total. The Labute approximate surface area is 115 Å². The van der Waals surface area contributed by atoms with E-state index in [1.165, 1.54) is 0 Å². The van der Waals surface area contributed by atoms with Crippen molar-refractivity contribution in [2.24, 2.45) is 0 Å². The first-order valence-electron chi connectivity index (χ1n) is 6.19. The molecule has 2 aromatic heterocycles. The van der Waals surface area contributed by atoms with E-state index in [1.54, 1.807) is 23.6 Å². The number of thiazole rings is 1. The average Bonchev–Trinajstić information content (AvgIpc) is 3.02. The van der Waals surface area contributed by atoms with Gasteiger partial charge in [-0.1, -0.05) is 6.07 Å². The molecule has 0 atom stereocenters. The molecule has 0 bridgehead atoms. The van der Waals surface area contributed by atoms with Crippen molar-refractivity contribution in [1.29, 1.82) is 0 Å². The largest absolute Gasteiger partial charge is 0.345 e. The van der Waals surface area contributed by atoms with Gasteiger partial charge in [0.25, 0.3) is 5.91 Å². The van der Waals surface area contributed by atoms with Crippen LogP contribution in [0.1, 0.15) is 10.5 Å². The third-order valence-corrected chi connectivity index (χ3v) is 3.97. The number of anilines is 1. The smallest absolute Gasteiger partial charge is 0.272 e. The van der Waals surface area contributed by atoms with Crippen molar-refractivity contribution >= 4 is 22.4 Å². The summed E-state index contributed by atoms with van der Waals surface area (Å²) in [4.78, 5) is 24.7. The molecular weight excluding hydrogens is 260 g/mol. The maximum atomic E-state index is 12.2. The van der Waals surface area contributed by atoms with Crippen LogP contribution in [0.2, 0.25) is 0 Å². The van der Waals surface area contributed by atoms with E-state index in [9.17, 15) is 4.79 Å². The number of carbonyl (C=O) groups excluding carboxylic acids is 1. The molecule has 1 saturated heterocycles. The summed E-state index contributed by atoms with van der Waals surface area (Å²) >= 11 is 1.63. The van der Waals surface area contributed by atoms with Crippen molar-refractivity contribution in [3.8, 4) is 0 Å². The standard InChI is InChI=1S/C13H14N4OS/c18-12(11-3-1-2-4-14-11)16-6-8-17(9-7-16)13-15-5-10-19-13/h1-5,10H,6-9H2. The van der Waals surface area contributed by atoms with E-state index < -0.39 is 0 Å². The van der Waals surface area contributed by atoms with E-state index in [0.717, 1.165) is 31.3 Å². The quantitative estimate of drug-likeness (QED) is 0.832. The van der Waals surface area contributed by atoms with Crippen molar-refractivity contribution in [2.75, 3.05) is 31.1 Å². The second-order valence-electron chi connectivity index (χ2n) is 4.31. The lowest BCUT2D eigenvalue weighted by atomic mass is 10.2. The van der Waals surface area contributed by atoms with Crippen molar-refractivity contribution in [2.45, 2.75) is 0 Å². The molecule has 98 valence electrons. The fourth-order valence-electron chi connectivity index (χ4n) is 2.12. The van der Waals surface area contributed by atoms with Crippen LogP contribution in [0.3, 0.4) is 0 Å². The Kier molecular flexibility index (Phi) is 3.41. The molecule has 0 radical (unpaired) electrons. The van der Waals surface area contributed by atoms with Crippen LogP contribution in [0.5, 0.6) is 0 Å². The highest BCUT2D eigenvalue weighted by Gasteiger charge is 2.23. The first-order chi connectivity index (χ1) is 9.34. The van der Waals surface area contributed by atoms with E-state index in [-0.39, 0.29) is 5.91 Å². The summed E-state index contributed by atoms with van der Waals surface area (Å²) in [5, 5.41) is 3.01. The van der Waals surface area contributed by atoms with Crippen LogP contribution in [-0.4, -0.2) is 47.0 Å². The van der Waals surface area contributed by atoms with Crippen molar-refractivity contribution in [3.63, 3.8) is 0 Å². The topological polar surface area (TPSA) is 49.3 Å². The normalized spacial score (nSPS) is 15.6. The van der Waals surface area contributed by atoms with Crippen LogP contribution in [-0.2, 0) is 0 Å². The first-order valence-corrected chi connectivity index (χ1v) is 7.07. The number of aromatic nitrogens is 2. The highest BCUT2D eigenvalue weighted by molar-refractivity contribution is 7.13. The van der Waals surface area contributed by atoms with Gasteiger partial charge in [-0.15, -0.1) is 11.3 Å². The number of carbonyl (C=O) groups is 1. The molecular formula is C13H14N4OS. The highest BCUT2D eigenvalue weighted by Crippen LogP contribution is 2.19. The molecule has 6 heteroatoms. The molecule has 1 fully saturated rings.